The van der Waals surface area contributed by atoms with Gasteiger partial charge in [0.1, 0.15) is 12.6 Å². The number of fused-ring (bicyclic) bond motifs is 1. The molecular weight excluding hydrogens is 364 g/mol. The second-order valence-corrected chi connectivity index (χ2v) is 6.25. The summed E-state index contributed by atoms with van der Waals surface area (Å²) >= 11 is 0. The van der Waals surface area contributed by atoms with Crippen molar-refractivity contribution in [3.8, 4) is 5.82 Å². The summed E-state index contributed by atoms with van der Waals surface area (Å²) < 4.78 is 2.84. The van der Waals surface area contributed by atoms with Crippen LogP contribution < -0.4 is 21.5 Å². The topological polar surface area (TPSA) is 127 Å². The molecule has 3 heterocycles. The van der Waals surface area contributed by atoms with Crippen molar-refractivity contribution in [2.24, 2.45) is 0 Å². The highest BCUT2D eigenvalue weighted by Gasteiger charge is 2.27. The first-order valence-electron chi connectivity index (χ1n) is 8.54. The lowest BCUT2D eigenvalue weighted by atomic mass is 10.2. The molecule has 4 amide bonds. The first-order valence-corrected chi connectivity index (χ1v) is 8.54. The number of hydrogen-bond acceptors (Lipinski definition) is 5. The van der Waals surface area contributed by atoms with Crippen LogP contribution in [0.15, 0.2) is 53.5 Å². The van der Waals surface area contributed by atoms with Crippen LogP contribution in [-0.4, -0.2) is 44.8 Å². The summed E-state index contributed by atoms with van der Waals surface area (Å²) in [5.41, 5.74) is 0.469. The number of benzene rings is 1. The average molecular weight is 380 g/mol. The molecule has 3 aromatic rings. The molecule has 0 aliphatic carbocycles. The largest absolute Gasteiger partial charge is 0.341 e. The number of rotatable bonds is 4. The van der Waals surface area contributed by atoms with E-state index >= 15 is 0 Å². The molecule has 0 saturated carbocycles. The van der Waals surface area contributed by atoms with Gasteiger partial charge < -0.3 is 10.6 Å². The van der Waals surface area contributed by atoms with Crippen molar-refractivity contribution in [2.75, 3.05) is 6.54 Å². The van der Waals surface area contributed by atoms with Crippen molar-refractivity contribution in [3.63, 3.8) is 0 Å². The number of carbonyl (C=O) groups is 3. The van der Waals surface area contributed by atoms with Crippen molar-refractivity contribution >= 4 is 28.7 Å². The third kappa shape index (κ3) is 3.34. The molecule has 1 unspecified atom stereocenters. The normalized spacial score (nSPS) is 16.5. The van der Waals surface area contributed by atoms with E-state index in [1.54, 1.807) is 6.07 Å². The fourth-order valence-corrected chi connectivity index (χ4v) is 2.99. The predicted molar refractivity (Wildman–Crippen MR) is 98.8 cm³/mol. The van der Waals surface area contributed by atoms with Gasteiger partial charge in [-0.1, -0.05) is 18.2 Å². The Morgan fingerprint density at radius 1 is 1.14 bits per heavy atom. The monoisotopic (exact) mass is 380 g/mol. The maximum Gasteiger partial charge on any atom is 0.321 e. The van der Waals surface area contributed by atoms with Crippen LogP contribution in [0.2, 0.25) is 0 Å². The number of amides is 4. The Hall–Kier alpha value is -3.95. The van der Waals surface area contributed by atoms with Gasteiger partial charge in [0.25, 0.3) is 11.5 Å². The molecule has 2 aromatic heterocycles. The van der Waals surface area contributed by atoms with E-state index in [1.807, 2.05) is 41.1 Å². The van der Waals surface area contributed by atoms with E-state index in [9.17, 15) is 19.2 Å². The Kier molecular flexibility index (Phi) is 4.36. The quantitative estimate of drug-likeness (QED) is 0.563. The number of nitrogens with one attached hydrogen (secondary N) is 3. The van der Waals surface area contributed by atoms with E-state index in [0.29, 0.717) is 5.82 Å². The van der Waals surface area contributed by atoms with Crippen LogP contribution >= 0.6 is 0 Å². The highest BCUT2D eigenvalue weighted by molar-refractivity contribution is 6.01. The van der Waals surface area contributed by atoms with E-state index in [2.05, 4.69) is 21.0 Å². The summed E-state index contributed by atoms with van der Waals surface area (Å²) in [6.45, 7) is -0.377. The Morgan fingerprint density at radius 3 is 2.79 bits per heavy atom. The SMILES string of the molecule is O=C(Cn1nc(-n2ccc3ccccc32)ccc1=O)NC1CNC(=O)NC1=O. The van der Waals surface area contributed by atoms with Gasteiger partial charge in [-0.3, -0.25) is 24.3 Å². The summed E-state index contributed by atoms with van der Waals surface area (Å²) in [6.07, 6.45) is 1.83. The van der Waals surface area contributed by atoms with Gasteiger partial charge in [0, 0.05) is 18.8 Å². The number of para-hydroxylation sites is 1. The lowest BCUT2D eigenvalue weighted by molar-refractivity contribution is -0.129. The first kappa shape index (κ1) is 17.5. The number of aromatic nitrogens is 3. The second-order valence-electron chi connectivity index (χ2n) is 6.25. The average Bonchev–Trinajstić information content (AvgIpc) is 3.10. The minimum absolute atomic E-state index is 0.0197. The Morgan fingerprint density at radius 2 is 1.96 bits per heavy atom. The van der Waals surface area contributed by atoms with Crippen LogP contribution in [0.4, 0.5) is 4.79 Å². The van der Waals surface area contributed by atoms with E-state index in [4.69, 9.17) is 0 Å². The van der Waals surface area contributed by atoms with Crippen molar-refractivity contribution in [1.29, 1.82) is 0 Å². The van der Waals surface area contributed by atoms with Gasteiger partial charge in [0.15, 0.2) is 5.82 Å². The molecule has 1 fully saturated rings. The molecular formula is C18H16N6O4. The number of urea groups is 1. The van der Waals surface area contributed by atoms with Gasteiger partial charge in [-0.15, -0.1) is 0 Å². The summed E-state index contributed by atoms with van der Waals surface area (Å²) in [5, 5.41) is 12.2. The molecule has 0 spiro atoms. The van der Waals surface area contributed by atoms with Gasteiger partial charge in [0.05, 0.1) is 5.52 Å². The minimum atomic E-state index is -0.905. The zero-order valence-electron chi connectivity index (χ0n) is 14.6. The van der Waals surface area contributed by atoms with E-state index in [0.717, 1.165) is 15.6 Å². The zero-order chi connectivity index (χ0) is 19.7. The molecule has 10 heteroatoms. The van der Waals surface area contributed by atoms with E-state index in [1.165, 1.54) is 6.07 Å². The van der Waals surface area contributed by atoms with Crippen LogP contribution in [0.3, 0.4) is 0 Å². The summed E-state index contributed by atoms with van der Waals surface area (Å²) in [5.74, 6) is -0.693. The molecule has 142 valence electrons. The second kappa shape index (κ2) is 6.99. The molecule has 1 aliphatic heterocycles. The maximum atomic E-state index is 12.3. The van der Waals surface area contributed by atoms with Gasteiger partial charge in [-0.25, -0.2) is 9.48 Å². The lowest BCUT2D eigenvalue weighted by Crippen LogP contribution is -2.61. The third-order valence-corrected chi connectivity index (χ3v) is 4.35. The van der Waals surface area contributed by atoms with Crippen LogP contribution in [0.25, 0.3) is 16.7 Å². The molecule has 1 atom stereocenters. The third-order valence-electron chi connectivity index (χ3n) is 4.35. The molecule has 0 bridgehead atoms. The van der Waals surface area contributed by atoms with Gasteiger partial charge >= 0.3 is 6.03 Å². The molecule has 10 nitrogen and oxygen atoms in total. The highest BCUT2D eigenvalue weighted by atomic mass is 16.2. The van der Waals surface area contributed by atoms with Gasteiger partial charge in [-0.2, -0.15) is 5.10 Å². The van der Waals surface area contributed by atoms with Crippen molar-refractivity contribution in [2.45, 2.75) is 12.6 Å². The van der Waals surface area contributed by atoms with Crippen LogP contribution in [0, 0.1) is 0 Å². The first-order chi connectivity index (χ1) is 13.5. The number of carbonyl (C=O) groups excluding carboxylic acids is 3. The highest BCUT2D eigenvalue weighted by Crippen LogP contribution is 2.18. The molecule has 1 aliphatic rings. The number of imide groups is 1. The number of nitrogens with zero attached hydrogens (tertiary/aromatic N) is 3. The molecule has 4 rings (SSSR count). The molecule has 28 heavy (non-hydrogen) atoms. The molecule has 1 saturated heterocycles. The summed E-state index contributed by atoms with van der Waals surface area (Å²) in [7, 11) is 0. The number of hydrogen-bond donors (Lipinski definition) is 3. The van der Waals surface area contributed by atoms with Crippen molar-refractivity contribution in [3.05, 3.63) is 59.0 Å². The Balaban J connectivity index is 1.54. The molecule has 0 radical (unpaired) electrons. The van der Waals surface area contributed by atoms with Crippen molar-refractivity contribution in [1.82, 2.24) is 30.3 Å². The molecule has 1 aromatic carbocycles. The minimum Gasteiger partial charge on any atom is -0.341 e. The smallest absolute Gasteiger partial charge is 0.321 e. The van der Waals surface area contributed by atoms with E-state index < -0.39 is 29.4 Å². The summed E-state index contributed by atoms with van der Waals surface area (Å²) in [6, 6.07) is 11.0. The maximum absolute atomic E-state index is 12.3. The predicted octanol–water partition coefficient (Wildman–Crippen LogP) is -0.489. The van der Waals surface area contributed by atoms with E-state index in [-0.39, 0.29) is 13.1 Å². The summed E-state index contributed by atoms with van der Waals surface area (Å²) in [4.78, 5) is 47.2. The van der Waals surface area contributed by atoms with Gasteiger partial charge in [0.2, 0.25) is 5.91 Å². The fourth-order valence-electron chi connectivity index (χ4n) is 2.99. The van der Waals surface area contributed by atoms with Crippen LogP contribution in [0.1, 0.15) is 0 Å². The molecule has 3 N–H and O–H groups in total. The fraction of sp³-hybridized carbons (Fsp3) is 0.167. The Bertz CT molecular complexity index is 1150. The Labute approximate surface area is 158 Å². The zero-order valence-corrected chi connectivity index (χ0v) is 14.6. The van der Waals surface area contributed by atoms with Crippen LogP contribution in [0.5, 0.6) is 0 Å². The standard InChI is InChI=1S/C18H16N6O4/c25-15(20-12-9-19-18(28)21-17(12)27)10-24-16(26)6-5-14(22-24)23-8-7-11-3-1-2-4-13(11)23/h1-8,12H,9-10H2,(H,20,25)(H2,19,21,27,28). The lowest BCUT2D eigenvalue weighted by Gasteiger charge is -2.23. The van der Waals surface area contributed by atoms with Crippen LogP contribution in [-0.2, 0) is 16.1 Å². The van der Waals surface area contributed by atoms with Crippen molar-refractivity contribution < 1.29 is 14.4 Å². The van der Waals surface area contributed by atoms with Gasteiger partial charge in [-0.05, 0) is 23.6 Å².